The zero-order chi connectivity index (χ0) is 14.9. The molecule has 0 aromatic carbocycles. The second-order valence-electron chi connectivity index (χ2n) is 5.71. The number of carbonyl (C=O) groups excluding carboxylic acids is 1. The predicted octanol–water partition coefficient (Wildman–Crippen LogP) is 5.49. The molecular weight excluding hydrogens is 407 g/mol. The van der Waals surface area contributed by atoms with E-state index in [1.165, 1.54) is 64.2 Å². The third-order valence-corrected chi connectivity index (χ3v) is 3.64. The first-order chi connectivity index (χ1) is 9.77. The average Bonchev–Trinajstić information content (AvgIpc) is 2.43. The van der Waals surface area contributed by atoms with Crippen molar-refractivity contribution < 1.29 is 15.4 Å². The van der Waals surface area contributed by atoms with Crippen molar-refractivity contribution in [3.05, 3.63) is 12.2 Å². The van der Waals surface area contributed by atoms with Crippen molar-refractivity contribution in [2.75, 3.05) is 0 Å². The van der Waals surface area contributed by atoms with Crippen LogP contribution in [0.4, 0.5) is 0 Å². The van der Waals surface area contributed by atoms with Gasteiger partial charge in [-0.15, -0.1) is 0 Å². The second-order valence-corrected chi connectivity index (χ2v) is 5.71. The number of rotatable bonds is 15. The molecule has 0 aromatic heterocycles. The Balaban J connectivity index is -0.000000301. The van der Waals surface area contributed by atoms with E-state index in [2.05, 4.69) is 19.1 Å². The van der Waals surface area contributed by atoms with Gasteiger partial charge in [0.15, 0.2) is 0 Å². The number of carboxylic acids is 1. The number of hydrogen-bond acceptors (Lipinski definition) is 3. The van der Waals surface area contributed by atoms with Gasteiger partial charge in [-0.1, -0.05) is 85.3 Å². The molecule has 0 saturated heterocycles. The molecule has 0 bridgehead atoms. The van der Waals surface area contributed by atoms with Crippen LogP contribution in [-0.4, -0.2) is 35.4 Å². The Labute approximate surface area is 169 Å². The third kappa shape index (κ3) is 33.5. The molecule has 3 nitrogen and oxygen atoms in total. The number of carbonyl (C=O) groups is 1. The maximum Gasteiger partial charge on any atom is 2.00 e. The SMILES string of the molecule is C.C.CCCCCCCC/C=C\CCCCCCCC(=O)[O-].[OH-].[Sn+2]. The Morgan fingerprint density at radius 3 is 1.54 bits per heavy atom. The van der Waals surface area contributed by atoms with Crippen molar-refractivity contribution in [2.45, 2.75) is 112 Å². The number of carboxylic acid groups (broad SMARTS) is 1. The first kappa shape index (κ1) is 35.1. The largest absolute Gasteiger partial charge is 2.00 e. The Hall–Kier alpha value is -0.0313. The molecule has 144 valence electrons. The predicted molar refractivity (Wildman–Crippen MR) is 106 cm³/mol. The van der Waals surface area contributed by atoms with Gasteiger partial charge in [-0.3, -0.25) is 0 Å². The quantitative estimate of drug-likeness (QED) is 0.189. The van der Waals surface area contributed by atoms with Gasteiger partial charge in [-0.2, -0.15) is 0 Å². The van der Waals surface area contributed by atoms with E-state index >= 15 is 0 Å². The van der Waals surface area contributed by atoms with Crippen LogP contribution in [0.1, 0.15) is 112 Å². The molecule has 24 heavy (non-hydrogen) atoms. The third-order valence-electron chi connectivity index (χ3n) is 3.64. The second kappa shape index (κ2) is 30.8. The molecule has 0 unspecified atom stereocenters. The molecule has 0 fully saturated rings. The summed E-state index contributed by atoms with van der Waals surface area (Å²) >= 11 is 0. The molecule has 0 aliphatic rings. The molecule has 0 amide bonds. The van der Waals surface area contributed by atoms with E-state index in [0.29, 0.717) is 0 Å². The fourth-order valence-electron chi connectivity index (χ4n) is 2.34. The van der Waals surface area contributed by atoms with Gasteiger partial charge in [0.2, 0.25) is 0 Å². The van der Waals surface area contributed by atoms with E-state index in [0.717, 1.165) is 19.3 Å². The zero-order valence-corrected chi connectivity index (χ0v) is 17.2. The Kier molecular flexibility index (Phi) is 45.1. The van der Waals surface area contributed by atoms with E-state index in [-0.39, 0.29) is 50.7 Å². The Bertz CT molecular complexity index is 243. The van der Waals surface area contributed by atoms with E-state index < -0.39 is 5.97 Å². The number of allylic oxidation sites excluding steroid dienone is 2. The van der Waals surface area contributed by atoms with Crippen LogP contribution in [0.15, 0.2) is 12.2 Å². The van der Waals surface area contributed by atoms with Crippen LogP contribution in [-0.2, 0) is 4.79 Å². The maximum atomic E-state index is 10.2. The Morgan fingerprint density at radius 2 is 1.12 bits per heavy atom. The van der Waals surface area contributed by atoms with Crippen LogP contribution in [0, 0.1) is 0 Å². The molecule has 0 aromatic rings. The first-order valence-corrected chi connectivity index (χ1v) is 8.62. The van der Waals surface area contributed by atoms with E-state index in [1.54, 1.807) is 0 Å². The molecule has 0 spiro atoms. The summed E-state index contributed by atoms with van der Waals surface area (Å²) in [4.78, 5) is 10.2. The summed E-state index contributed by atoms with van der Waals surface area (Å²) in [6, 6.07) is 0. The Morgan fingerprint density at radius 1 is 0.750 bits per heavy atom. The minimum absolute atomic E-state index is 0. The molecule has 0 atom stereocenters. The van der Waals surface area contributed by atoms with Gasteiger partial charge < -0.3 is 15.4 Å². The first-order valence-electron chi connectivity index (χ1n) is 8.62. The molecule has 0 heterocycles. The summed E-state index contributed by atoms with van der Waals surface area (Å²) in [5, 5.41) is 10.2. The molecule has 0 aliphatic carbocycles. The van der Waals surface area contributed by atoms with Gasteiger partial charge in [-0.25, -0.2) is 0 Å². The smallest absolute Gasteiger partial charge is 0.870 e. The van der Waals surface area contributed by atoms with Crippen molar-refractivity contribution in [1.29, 1.82) is 0 Å². The fourth-order valence-corrected chi connectivity index (χ4v) is 2.34. The minimum Gasteiger partial charge on any atom is -0.870 e. The van der Waals surface area contributed by atoms with E-state index in [1.807, 2.05) is 0 Å². The summed E-state index contributed by atoms with van der Waals surface area (Å²) in [5.41, 5.74) is 0. The van der Waals surface area contributed by atoms with E-state index in [4.69, 9.17) is 0 Å². The van der Waals surface area contributed by atoms with Crippen LogP contribution in [0.2, 0.25) is 0 Å². The monoisotopic (exact) mass is 450 g/mol. The van der Waals surface area contributed by atoms with Crippen molar-refractivity contribution in [3.63, 3.8) is 0 Å². The summed E-state index contributed by atoms with van der Waals surface area (Å²) in [6.07, 6.45) is 20.9. The summed E-state index contributed by atoms with van der Waals surface area (Å²) in [6.45, 7) is 2.26. The molecule has 0 aliphatic heterocycles. The van der Waals surface area contributed by atoms with E-state index in [9.17, 15) is 9.90 Å². The molecule has 0 rings (SSSR count). The van der Waals surface area contributed by atoms with Gasteiger partial charge in [0.25, 0.3) is 0 Å². The van der Waals surface area contributed by atoms with Crippen molar-refractivity contribution >= 4 is 29.9 Å². The van der Waals surface area contributed by atoms with Crippen LogP contribution in [0.5, 0.6) is 0 Å². The van der Waals surface area contributed by atoms with Crippen molar-refractivity contribution in [1.82, 2.24) is 0 Å². The number of hydrogen-bond donors (Lipinski definition) is 0. The van der Waals surface area contributed by atoms with Crippen LogP contribution in [0.3, 0.4) is 0 Å². The van der Waals surface area contributed by atoms with Crippen LogP contribution >= 0.6 is 0 Å². The summed E-state index contributed by atoms with van der Waals surface area (Å²) in [7, 11) is 0. The van der Waals surface area contributed by atoms with Crippen molar-refractivity contribution in [3.8, 4) is 0 Å². The van der Waals surface area contributed by atoms with Gasteiger partial charge in [0.1, 0.15) is 0 Å². The normalized spacial score (nSPS) is 9.38. The summed E-state index contributed by atoms with van der Waals surface area (Å²) in [5.74, 6) is -0.914. The zero-order valence-electron chi connectivity index (χ0n) is 14.3. The molecule has 2 radical (unpaired) electrons. The minimum atomic E-state index is -0.914. The topological polar surface area (TPSA) is 70.1 Å². The molecule has 4 heteroatoms. The van der Waals surface area contributed by atoms with Gasteiger partial charge in [0.05, 0.1) is 0 Å². The maximum absolute atomic E-state index is 10.2. The van der Waals surface area contributed by atoms with Crippen molar-refractivity contribution in [2.24, 2.45) is 0 Å². The molecular formula is C20H42O3Sn. The fraction of sp³-hybridized carbons (Fsp3) is 0.850. The van der Waals surface area contributed by atoms with Crippen LogP contribution < -0.4 is 5.11 Å². The van der Waals surface area contributed by atoms with Gasteiger partial charge in [0, 0.05) is 5.97 Å². The number of unbranched alkanes of at least 4 members (excludes halogenated alkanes) is 11. The molecule has 1 N–H and O–H groups in total. The standard InChI is InChI=1S/C18H34O2.2CH4.H2O.Sn/c1-2-3-4-5-6-7-8-9-10-11-12-13-14-15-16-17-18(19)20;;;;/h9-10H,2-8,11-17H2,1H3,(H,19,20);2*1H4;1H2;/q;;;;+2/p-2/b10-9-;;;;. The van der Waals surface area contributed by atoms with Gasteiger partial charge >= 0.3 is 23.9 Å². The summed E-state index contributed by atoms with van der Waals surface area (Å²) < 4.78 is 0. The van der Waals surface area contributed by atoms with Gasteiger partial charge in [-0.05, 0) is 38.5 Å². The average molecular weight is 449 g/mol. The molecule has 0 saturated carbocycles. The van der Waals surface area contributed by atoms with Crippen LogP contribution in [0.25, 0.3) is 0 Å². The number of aliphatic carboxylic acids is 1.